The highest BCUT2D eigenvalue weighted by atomic mass is 32.1. The number of urea groups is 2. The molecule has 0 bridgehead atoms. The van der Waals surface area contributed by atoms with Crippen LogP contribution in [0, 0.1) is 5.82 Å². The van der Waals surface area contributed by atoms with Crippen LogP contribution in [0.25, 0.3) is 20.7 Å². The first kappa shape index (κ1) is 28.3. The van der Waals surface area contributed by atoms with Crippen molar-refractivity contribution in [2.45, 2.75) is 32.4 Å². The number of hydrogen-bond acceptors (Lipinski definition) is 6. The number of halogens is 1. The fourth-order valence-electron chi connectivity index (χ4n) is 4.54. The van der Waals surface area contributed by atoms with E-state index in [1.54, 1.807) is 30.3 Å². The molecule has 2 heterocycles. The monoisotopic (exact) mass is 577 g/mol. The van der Waals surface area contributed by atoms with Gasteiger partial charge in [-0.1, -0.05) is 24.3 Å². The number of hydrogen-bond donors (Lipinski definition) is 2. The van der Waals surface area contributed by atoms with Crippen molar-refractivity contribution in [2.75, 3.05) is 31.7 Å². The molecule has 2 aromatic heterocycles. The molecule has 0 saturated heterocycles. The van der Waals surface area contributed by atoms with Crippen molar-refractivity contribution in [3.8, 4) is 21.9 Å². The molecule has 1 aliphatic carbocycles. The van der Waals surface area contributed by atoms with Crippen LogP contribution in [0.3, 0.4) is 0 Å². The number of aromatic nitrogens is 1. The number of fused-ring (bicyclic) bond motifs is 1. The van der Waals surface area contributed by atoms with E-state index in [1.807, 2.05) is 37.3 Å². The molecule has 0 aliphatic heterocycles. The van der Waals surface area contributed by atoms with E-state index in [9.17, 15) is 9.59 Å². The SMILES string of the molecule is CCNC(=O)N(CCOC)Cc1ccc(-c2cc3nccc(Oc4ccc(N(C(N)=O)C5CC5)cc4F)c3s2)cc1. The van der Waals surface area contributed by atoms with Crippen molar-refractivity contribution in [1.29, 1.82) is 0 Å². The van der Waals surface area contributed by atoms with Crippen LogP contribution in [0.5, 0.6) is 11.5 Å². The molecular formula is C30H32FN5O4S. The van der Waals surface area contributed by atoms with Crippen molar-refractivity contribution in [2.24, 2.45) is 5.73 Å². The zero-order valence-electron chi connectivity index (χ0n) is 22.9. The standard InChI is InChI=1S/C30H32FN5O4S/c1-3-33-30(38)35(14-15-39-2)18-19-4-6-20(7-5-19)27-17-24-28(41-27)26(12-13-34-24)40-25-11-10-22(16-23(25)31)36(29(32)37)21-8-9-21/h4-7,10-13,16-17,21H,3,8-9,14-15,18H2,1-2H3,(H2,32,37)(H,33,38). The van der Waals surface area contributed by atoms with Crippen LogP contribution in [-0.2, 0) is 11.3 Å². The lowest BCUT2D eigenvalue weighted by Gasteiger charge is -2.22. The molecule has 5 rings (SSSR count). The molecule has 3 N–H and O–H groups in total. The van der Waals surface area contributed by atoms with Gasteiger partial charge in [-0.05, 0) is 49.1 Å². The summed E-state index contributed by atoms with van der Waals surface area (Å²) < 4.78 is 27.0. The first-order chi connectivity index (χ1) is 19.9. The first-order valence-corrected chi connectivity index (χ1v) is 14.2. The first-order valence-electron chi connectivity index (χ1n) is 13.4. The number of carbonyl (C=O) groups excluding carboxylic acids is 2. The number of pyridine rings is 1. The normalized spacial score (nSPS) is 12.8. The molecule has 214 valence electrons. The molecular weight excluding hydrogens is 545 g/mol. The Hall–Kier alpha value is -4.22. The summed E-state index contributed by atoms with van der Waals surface area (Å²) in [6.45, 7) is 3.85. The Bertz CT molecular complexity index is 1540. The summed E-state index contributed by atoms with van der Waals surface area (Å²) in [5.41, 5.74) is 8.65. The van der Waals surface area contributed by atoms with Crippen LogP contribution in [0.4, 0.5) is 19.7 Å². The minimum absolute atomic E-state index is 0.0206. The zero-order chi connectivity index (χ0) is 28.9. The molecule has 41 heavy (non-hydrogen) atoms. The van der Waals surface area contributed by atoms with Gasteiger partial charge >= 0.3 is 12.1 Å². The highest BCUT2D eigenvalue weighted by Crippen LogP contribution is 2.40. The second-order valence-electron chi connectivity index (χ2n) is 9.74. The molecule has 1 saturated carbocycles. The Kier molecular flexibility index (Phi) is 8.65. The number of thiophene rings is 1. The number of nitrogens with zero attached hydrogens (tertiary/aromatic N) is 3. The number of ether oxygens (including phenoxy) is 2. The number of nitrogens with one attached hydrogen (secondary N) is 1. The summed E-state index contributed by atoms with van der Waals surface area (Å²) >= 11 is 1.50. The van der Waals surface area contributed by atoms with Gasteiger partial charge in [0.15, 0.2) is 11.6 Å². The summed E-state index contributed by atoms with van der Waals surface area (Å²) in [4.78, 5) is 32.9. The van der Waals surface area contributed by atoms with Crippen molar-refractivity contribution >= 4 is 39.3 Å². The third-order valence-corrected chi connectivity index (χ3v) is 7.92. The summed E-state index contributed by atoms with van der Waals surface area (Å²) in [6, 6.07) is 15.4. The van der Waals surface area contributed by atoms with Crippen LogP contribution in [-0.4, -0.2) is 54.8 Å². The third kappa shape index (κ3) is 6.58. The predicted octanol–water partition coefficient (Wildman–Crippen LogP) is 6.12. The van der Waals surface area contributed by atoms with Gasteiger partial charge in [-0.25, -0.2) is 14.0 Å². The quantitative estimate of drug-likeness (QED) is 0.223. The Morgan fingerprint density at radius 2 is 1.90 bits per heavy atom. The maximum atomic E-state index is 15.1. The smallest absolute Gasteiger partial charge is 0.319 e. The lowest BCUT2D eigenvalue weighted by atomic mass is 10.1. The number of benzene rings is 2. The molecule has 11 heteroatoms. The van der Waals surface area contributed by atoms with Crippen LogP contribution in [0.1, 0.15) is 25.3 Å². The van der Waals surface area contributed by atoms with E-state index in [0.29, 0.717) is 37.7 Å². The van der Waals surface area contributed by atoms with Crippen LogP contribution >= 0.6 is 11.3 Å². The van der Waals surface area contributed by atoms with Gasteiger partial charge < -0.3 is 25.4 Å². The van der Waals surface area contributed by atoms with E-state index in [-0.39, 0.29) is 17.8 Å². The van der Waals surface area contributed by atoms with Gasteiger partial charge in [0.05, 0.1) is 16.8 Å². The topological polar surface area (TPSA) is 110 Å². The maximum Gasteiger partial charge on any atom is 0.319 e. The Labute approximate surface area is 241 Å². The van der Waals surface area contributed by atoms with Crippen molar-refractivity contribution in [3.63, 3.8) is 0 Å². The fraction of sp³-hybridized carbons (Fsp3) is 0.300. The molecule has 0 spiro atoms. The van der Waals surface area contributed by atoms with Gasteiger partial charge in [0.2, 0.25) is 0 Å². The molecule has 0 radical (unpaired) electrons. The van der Waals surface area contributed by atoms with E-state index in [1.165, 1.54) is 28.4 Å². The second kappa shape index (κ2) is 12.5. The lowest BCUT2D eigenvalue weighted by molar-refractivity contribution is 0.147. The molecule has 4 amide bonds. The molecule has 1 fully saturated rings. The highest BCUT2D eigenvalue weighted by Gasteiger charge is 2.33. The summed E-state index contributed by atoms with van der Waals surface area (Å²) in [5, 5.41) is 2.84. The number of amides is 4. The number of nitrogens with two attached hydrogens (primary N) is 1. The van der Waals surface area contributed by atoms with Crippen molar-refractivity contribution < 1.29 is 23.5 Å². The van der Waals surface area contributed by atoms with Crippen LogP contribution in [0.2, 0.25) is 0 Å². The molecule has 0 atom stereocenters. The third-order valence-electron chi connectivity index (χ3n) is 6.73. The van der Waals surface area contributed by atoms with E-state index in [4.69, 9.17) is 15.2 Å². The second-order valence-corrected chi connectivity index (χ2v) is 10.8. The molecule has 2 aromatic carbocycles. The van der Waals surface area contributed by atoms with Gasteiger partial charge in [0, 0.05) is 61.7 Å². The number of carbonyl (C=O) groups is 2. The molecule has 9 nitrogen and oxygen atoms in total. The number of anilines is 1. The van der Waals surface area contributed by atoms with E-state index in [0.717, 1.165) is 39.1 Å². The van der Waals surface area contributed by atoms with Crippen molar-refractivity contribution in [3.05, 3.63) is 72.2 Å². The van der Waals surface area contributed by atoms with E-state index >= 15 is 4.39 Å². The van der Waals surface area contributed by atoms with Gasteiger partial charge in [-0.3, -0.25) is 9.88 Å². The predicted molar refractivity (Wildman–Crippen MR) is 158 cm³/mol. The van der Waals surface area contributed by atoms with Crippen LogP contribution in [0.15, 0.2) is 60.8 Å². The summed E-state index contributed by atoms with van der Waals surface area (Å²) in [7, 11) is 1.61. The Morgan fingerprint density at radius 1 is 1.12 bits per heavy atom. The fourth-order valence-corrected chi connectivity index (χ4v) is 5.61. The van der Waals surface area contributed by atoms with Crippen molar-refractivity contribution in [1.82, 2.24) is 15.2 Å². The van der Waals surface area contributed by atoms with Gasteiger partial charge in [0.25, 0.3) is 0 Å². The average Bonchev–Trinajstić information content (AvgIpc) is 3.68. The molecule has 4 aromatic rings. The number of methoxy groups -OCH3 is 1. The molecule has 0 unspecified atom stereocenters. The Morgan fingerprint density at radius 3 is 2.56 bits per heavy atom. The largest absolute Gasteiger partial charge is 0.453 e. The van der Waals surface area contributed by atoms with Gasteiger partial charge in [-0.15, -0.1) is 11.3 Å². The lowest BCUT2D eigenvalue weighted by Crippen LogP contribution is -2.41. The molecule has 1 aliphatic rings. The number of rotatable bonds is 11. The highest BCUT2D eigenvalue weighted by molar-refractivity contribution is 7.22. The van der Waals surface area contributed by atoms with E-state index in [2.05, 4.69) is 10.3 Å². The Balaban J connectivity index is 1.34. The number of primary amides is 1. The van der Waals surface area contributed by atoms with Crippen LogP contribution < -0.4 is 20.7 Å². The average molecular weight is 578 g/mol. The zero-order valence-corrected chi connectivity index (χ0v) is 23.7. The summed E-state index contributed by atoms with van der Waals surface area (Å²) in [6.07, 6.45) is 3.33. The summed E-state index contributed by atoms with van der Waals surface area (Å²) in [5.74, 6) is -0.0519. The minimum atomic E-state index is -0.596. The minimum Gasteiger partial charge on any atom is -0.453 e. The maximum absolute atomic E-state index is 15.1. The van der Waals surface area contributed by atoms with Gasteiger partial charge in [0.1, 0.15) is 5.75 Å². The van der Waals surface area contributed by atoms with E-state index < -0.39 is 11.8 Å². The van der Waals surface area contributed by atoms with Gasteiger partial charge in [-0.2, -0.15) is 0 Å².